The average molecular weight is 367 g/mol. The zero-order valence-electron chi connectivity index (χ0n) is 15.3. The molecule has 27 heavy (non-hydrogen) atoms. The van der Waals surface area contributed by atoms with Gasteiger partial charge in [-0.3, -0.25) is 4.90 Å². The van der Waals surface area contributed by atoms with Gasteiger partial charge in [-0.1, -0.05) is 6.07 Å². The number of nitrogens with zero attached hydrogens (tertiary/aromatic N) is 1. The summed E-state index contributed by atoms with van der Waals surface area (Å²) >= 11 is 0. The lowest BCUT2D eigenvalue weighted by atomic mass is 10.1. The third-order valence-corrected chi connectivity index (χ3v) is 4.72. The lowest BCUT2D eigenvalue weighted by Crippen LogP contribution is -2.19. The average Bonchev–Trinajstić information content (AvgIpc) is 2.65. The highest BCUT2D eigenvalue weighted by Crippen LogP contribution is 2.31. The van der Waals surface area contributed by atoms with Gasteiger partial charge in [-0.05, 0) is 49.4 Å². The number of phenolic OH excluding ortho intramolecular Hbond substituents is 1. The second-order valence-corrected chi connectivity index (χ2v) is 6.83. The Morgan fingerprint density at radius 3 is 2.63 bits per heavy atom. The van der Waals surface area contributed by atoms with Gasteiger partial charge < -0.3 is 19.0 Å². The van der Waals surface area contributed by atoms with E-state index in [-0.39, 0.29) is 5.75 Å². The Bertz CT molecular complexity index is 1060. The second-order valence-electron chi connectivity index (χ2n) is 6.83. The fourth-order valence-electron chi connectivity index (χ4n) is 3.39. The van der Waals surface area contributed by atoms with E-state index in [0.29, 0.717) is 37.4 Å². The van der Waals surface area contributed by atoms with Gasteiger partial charge in [-0.15, -0.1) is 0 Å². The number of benzene rings is 2. The molecule has 0 fully saturated rings. The van der Waals surface area contributed by atoms with E-state index in [1.165, 1.54) is 6.07 Å². The molecule has 1 aliphatic rings. The van der Waals surface area contributed by atoms with E-state index in [2.05, 4.69) is 4.90 Å². The van der Waals surface area contributed by atoms with Crippen molar-refractivity contribution in [2.75, 3.05) is 20.3 Å². The number of aryl methyl sites for hydroxylation is 1. The van der Waals surface area contributed by atoms with E-state index >= 15 is 0 Å². The van der Waals surface area contributed by atoms with Crippen LogP contribution in [0.3, 0.4) is 0 Å². The number of ether oxygens (including phenoxy) is 2. The number of fused-ring (bicyclic) bond motifs is 2. The topological polar surface area (TPSA) is 72.1 Å². The van der Waals surface area contributed by atoms with Crippen molar-refractivity contribution in [3.8, 4) is 17.2 Å². The summed E-state index contributed by atoms with van der Waals surface area (Å²) in [5.41, 5.74) is 2.55. The van der Waals surface area contributed by atoms with Gasteiger partial charge in [-0.25, -0.2) is 4.79 Å². The number of hydrogen-bond donors (Lipinski definition) is 1. The molecule has 0 radical (unpaired) electrons. The van der Waals surface area contributed by atoms with Gasteiger partial charge in [0, 0.05) is 30.1 Å². The van der Waals surface area contributed by atoms with Crippen molar-refractivity contribution in [1.29, 1.82) is 0 Å². The minimum Gasteiger partial charge on any atom is -0.508 e. The van der Waals surface area contributed by atoms with Crippen LogP contribution in [0.15, 0.2) is 45.6 Å². The lowest BCUT2D eigenvalue weighted by Gasteiger charge is -2.21. The number of rotatable bonds is 4. The first kappa shape index (κ1) is 17.4. The molecule has 0 saturated carbocycles. The van der Waals surface area contributed by atoms with Crippen LogP contribution in [-0.4, -0.2) is 30.3 Å². The van der Waals surface area contributed by atoms with Crippen LogP contribution in [0, 0.1) is 6.92 Å². The summed E-state index contributed by atoms with van der Waals surface area (Å²) in [5, 5.41) is 10.7. The van der Waals surface area contributed by atoms with Gasteiger partial charge in [0.15, 0.2) is 11.5 Å². The second kappa shape index (κ2) is 6.96. The van der Waals surface area contributed by atoms with Crippen molar-refractivity contribution >= 4 is 11.0 Å². The maximum Gasteiger partial charge on any atom is 0.336 e. The highest BCUT2D eigenvalue weighted by molar-refractivity contribution is 5.84. The molecule has 2 heterocycles. The first-order chi connectivity index (χ1) is 13.0. The molecule has 3 aromatic rings. The molecule has 0 bridgehead atoms. The van der Waals surface area contributed by atoms with E-state index in [1.807, 2.05) is 25.2 Å². The fourth-order valence-corrected chi connectivity index (χ4v) is 3.39. The summed E-state index contributed by atoms with van der Waals surface area (Å²) in [5.74, 6) is 1.66. The third kappa shape index (κ3) is 3.48. The normalized spacial score (nSPS) is 13.3. The molecule has 0 unspecified atom stereocenters. The first-order valence-electron chi connectivity index (χ1n) is 8.83. The monoisotopic (exact) mass is 367 g/mol. The lowest BCUT2D eigenvalue weighted by molar-refractivity contribution is 0.171. The molecule has 0 spiro atoms. The van der Waals surface area contributed by atoms with Crippen LogP contribution in [-0.2, 0) is 13.1 Å². The van der Waals surface area contributed by atoms with Gasteiger partial charge in [0.05, 0.1) is 0 Å². The van der Waals surface area contributed by atoms with E-state index in [9.17, 15) is 9.90 Å². The Kier molecular flexibility index (Phi) is 4.49. The third-order valence-electron chi connectivity index (χ3n) is 4.72. The minimum absolute atomic E-state index is 0.118. The summed E-state index contributed by atoms with van der Waals surface area (Å²) in [4.78, 5) is 14.1. The summed E-state index contributed by atoms with van der Waals surface area (Å²) in [6.07, 6.45) is 0. The molecule has 0 atom stereocenters. The molecule has 1 aliphatic heterocycles. The zero-order valence-corrected chi connectivity index (χ0v) is 15.3. The number of phenols is 1. The van der Waals surface area contributed by atoms with Crippen molar-refractivity contribution < 1.29 is 19.0 Å². The molecule has 1 aromatic heterocycles. The van der Waals surface area contributed by atoms with E-state index < -0.39 is 5.63 Å². The molecule has 6 nitrogen and oxygen atoms in total. The van der Waals surface area contributed by atoms with Gasteiger partial charge in [-0.2, -0.15) is 0 Å². The summed E-state index contributed by atoms with van der Waals surface area (Å²) < 4.78 is 16.5. The molecule has 1 N–H and O–H groups in total. The van der Waals surface area contributed by atoms with Crippen LogP contribution in [0.5, 0.6) is 17.2 Å². The van der Waals surface area contributed by atoms with E-state index in [0.717, 1.165) is 28.0 Å². The SMILES string of the molecule is Cc1c(O)ccc2c(CN(C)Cc3ccc4c(c3)OCCO4)cc(=O)oc12. The van der Waals surface area contributed by atoms with Crippen molar-refractivity contribution in [3.63, 3.8) is 0 Å². The molecular weight excluding hydrogens is 346 g/mol. The highest BCUT2D eigenvalue weighted by Gasteiger charge is 2.15. The predicted octanol–water partition coefficient (Wildman–Crippen LogP) is 3.21. The smallest absolute Gasteiger partial charge is 0.336 e. The van der Waals surface area contributed by atoms with Crippen LogP contribution >= 0.6 is 0 Å². The molecule has 0 aliphatic carbocycles. The highest BCUT2D eigenvalue weighted by atomic mass is 16.6. The van der Waals surface area contributed by atoms with Crippen LogP contribution in [0.4, 0.5) is 0 Å². The summed E-state index contributed by atoms with van der Waals surface area (Å²) in [6, 6.07) is 10.9. The molecule has 0 saturated heterocycles. The molecule has 2 aromatic carbocycles. The van der Waals surface area contributed by atoms with Crippen molar-refractivity contribution in [2.45, 2.75) is 20.0 Å². The van der Waals surface area contributed by atoms with Crippen LogP contribution < -0.4 is 15.1 Å². The number of aromatic hydroxyl groups is 1. The quantitative estimate of drug-likeness (QED) is 0.714. The van der Waals surface area contributed by atoms with Gasteiger partial charge in [0.25, 0.3) is 0 Å². The van der Waals surface area contributed by atoms with Gasteiger partial charge >= 0.3 is 5.63 Å². The molecule has 6 heteroatoms. The van der Waals surface area contributed by atoms with Crippen LogP contribution in [0.2, 0.25) is 0 Å². The van der Waals surface area contributed by atoms with Gasteiger partial charge in [0.2, 0.25) is 0 Å². The Morgan fingerprint density at radius 1 is 1.04 bits per heavy atom. The number of hydrogen-bond acceptors (Lipinski definition) is 6. The summed E-state index contributed by atoms with van der Waals surface area (Å²) in [7, 11) is 1.99. The molecule has 0 amide bonds. The van der Waals surface area contributed by atoms with Gasteiger partial charge in [0.1, 0.15) is 24.5 Å². The van der Waals surface area contributed by atoms with Crippen LogP contribution in [0.25, 0.3) is 11.0 Å². The van der Waals surface area contributed by atoms with E-state index in [1.54, 1.807) is 19.1 Å². The summed E-state index contributed by atoms with van der Waals surface area (Å²) in [6.45, 7) is 4.13. The zero-order chi connectivity index (χ0) is 19.0. The largest absolute Gasteiger partial charge is 0.508 e. The van der Waals surface area contributed by atoms with Crippen molar-refractivity contribution in [2.24, 2.45) is 0 Å². The Labute approximate surface area is 156 Å². The Morgan fingerprint density at radius 2 is 1.81 bits per heavy atom. The maximum atomic E-state index is 12.0. The molecule has 140 valence electrons. The predicted molar refractivity (Wildman–Crippen MR) is 101 cm³/mol. The fraction of sp³-hybridized carbons (Fsp3) is 0.286. The van der Waals surface area contributed by atoms with Crippen LogP contribution in [0.1, 0.15) is 16.7 Å². The maximum absolute atomic E-state index is 12.0. The van der Waals surface area contributed by atoms with Crippen molar-refractivity contribution in [1.82, 2.24) is 4.90 Å². The molecule has 4 rings (SSSR count). The Hall–Kier alpha value is -2.99. The van der Waals surface area contributed by atoms with E-state index in [4.69, 9.17) is 13.9 Å². The Balaban J connectivity index is 1.59. The minimum atomic E-state index is -0.418. The van der Waals surface area contributed by atoms with Crippen molar-refractivity contribution in [3.05, 3.63) is 63.5 Å². The first-order valence-corrected chi connectivity index (χ1v) is 8.83. The molecular formula is C21H21NO5. The standard InChI is InChI=1S/C21H21NO5/c1-13-17(23)5-4-16-15(10-20(24)27-21(13)16)12-22(2)11-14-3-6-18-19(9-14)26-8-7-25-18/h3-6,9-10,23H,7-8,11-12H2,1-2H3.